The third-order valence-corrected chi connectivity index (χ3v) is 8.62. The van der Waals surface area contributed by atoms with Crippen molar-refractivity contribution in [2.75, 3.05) is 19.8 Å². The van der Waals surface area contributed by atoms with Crippen LogP contribution in [0, 0.1) is 22.0 Å². The fraction of sp³-hybridized carbons (Fsp3) is 0.480. The number of amides is 1. The van der Waals surface area contributed by atoms with Crippen LogP contribution >= 0.6 is 7.82 Å². The van der Waals surface area contributed by atoms with Crippen LogP contribution in [0.2, 0.25) is 0 Å². The Hall–Kier alpha value is -2.91. The average Bonchev–Trinajstić information content (AvgIpc) is 3.40. The Labute approximate surface area is 237 Å². The summed E-state index contributed by atoms with van der Waals surface area (Å²) in [5, 5.41) is 11.3. The Morgan fingerprint density at radius 3 is 2.46 bits per heavy atom. The highest BCUT2D eigenvalue weighted by Crippen LogP contribution is 2.43. The number of nitrogens with zero attached hydrogens (tertiary/aromatic N) is 1. The molecule has 0 spiro atoms. The maximum Gasteiger partial charge on any atom is 0.470 e. The molecule has 226 valence electrons. The van der Waals surface area contributed by atoms with Gasteiger partial charge < -0.3 is 25.0 Å². The van der Waals surface area contributed by atoms with E-state index < -0.39 is 53.5 Å². The number of non-ortho nitro benzene ring substituents is 1. The van der Waals surface area contributed by atoms with Gasteiger partial charge in [-0.1, -0.05) is 44.2 Å². The van der Waals surface area contributed by atoms with Gasteiger partial charge in [0.15, 0.2) is 0 Å². The molecule has 4 atom stereocenters. The molecule has 0 bridgehead atoms. The number of hydrogen-bond donors (Lipinski definition) is 4. The van der Waals surface area contributed by atoms with Crippen LogP contribution in [0.3, 0.4) is 0 Å². The van der Waals surface area contributed by atoms with Crippen molar-refractivity contribution in [2.45, 2.75) is 49.7 Å². The number of ether oxygens (including phenoxy) is 2. The number of phosphoric ester groups is 1. The van der Waals surface area contributed by atoms with E-state index >= 15 is 0 Å². The van der Waals surface area contributed by atoms with Crippen LogP contribution in [-0.2, 0) is 35.0 Å². The molecule has 0 aromatic heterocycles. The fourth-order valence-corrected chi connectivity index (χ4v) is 6.78. The van der Waals surface area contributed by atoms with Crippen molar-refractivity contribution < 1.29 is 46.5 Å². The Morgan fingerprint density at radius 1 is 1.24 bits per heavy atom. The van der Waals surface area contributed by atoms with Gasteiger partial charge in [0.2, 0.25) is 10.0 Å². The molecule has 1 fully saturated rings. The fourth-order valence-electron chi connectivity index (χ4n) is 4.96. The van der Waals surface area contributed by atoms with Crippen LogP contribution in [0.4, 0.5) is 10.5 Å². The third kappa shape index (κ3) is 9.30. The summed E-state index contributed by atoms with van der Waals surface area (Å²) in [6.45, 7) is 3.53. The predicted octanol–water partition coefficient (Wildman–Crippen LogP) is 2.83. The first-order valence-electron chi connectivity index (χ1n) is 12.8. The molecule has 5 N–H and O–H groups in total. The van der Waals surface area contributed by atoms with Gasteiger partial charge in [0, 0.05) is 31.2 Å². The van der Waals surface area contributed by atoms with Crippen LogP contribution in [0.25, 0.3) is 0 Å². The summed E-state index contributed by atoms with van der Waals surface area (Å²) in [6.07, 6.45) is -3.68. The normalized spacial score (nSPS) is 18.1. The van der Waals surface area contributed by atoms with Gasteiger partial charge in [0.25, 0.3) is 5.69 Å². The maximum atomic E-state index is 13.4. The number of phosphoric acid groups is 1. The number of carbonyl (C=O) groups excluding carboxylic acids is 1. The number of benzene rings is 2. The monoisotopic (exact) mass is 615 g/mol. The molecule has 14 nitrogen and oxygen atoms in total. The summed E-state index contributed by atoms with van der Waals surface area (Å²) in [6, 6.07) is 12.0. The molecule has 16 heteroatoms. The first-order chi connectivity index (χ1) is 19.2. The van der Waals surface area contributed by atoms with Crippen molar-refractivity contribution in [3.8, 4) is 0 Å². The second kappa shape index (κ2) is 13.8. The van der Waals surface area contributed by atoms with Crippen molar-refractivity contribution in [2.24, 2.45) is 17.6 Å². The lowest BCUT2D eigenvalue weighted by molar-refractivity contribution is -0.385. The van der Waals surface area contributed by atoms with Crippen LogP contribution in [0.1, 0.15) is 37.3 Å². The van der Waals surface area contributed by atoms with Gasteiger partial charge in [-0.15, -0.1) is 0 Å². The van der Waals surface area contributed by atoms with E-state index in [1.807, 2.05) is 13.8 Å². The standard InChI is InChI=1S/C25H34N3O11PS/c1-16(2)12-19-13-20(28(30)31)8-9-22(19)41(35,36)27-14-21(39-40(32,33)34)24(38-25(26)29)23(18-10-11-37-15-18)17-6-4-3-5-7-17/h3-9,13,16,18,21,23-24,27H,10-12,14-15H2,1-2H3,(H2,26,29)(H2,32,33,34)/t18?,21-,23?,24-/m1/s1. The van der Waals surface area contributed by atoms with Crippen molar-refractivity contribution in [3.05, 3.63) is 69.8 Å². The molecule has 1 aliphatic rings. The number of nitro groups is 1. The molecular weight excluding hydrogens is 581 g/mol. The Balaban J connectivity index is 2.03. The van der Waals surface area contributed by atoms with Crippen molar-refractivity contribution in [1.82, 2.24) is 4.72 Å². The third-order valence-electron chi connectivity index (χ3n) is 6.55. The number of rotatable bonds is 14. The van der Waals surface area contributed by atoms with Gasteiger partial charge in [0.05, 0.1) is 16.4 Å². The zero-order chi connectivity index (χ0) is 30.4. The number of nitrogens with one attached hydrogen (secondary N) is 1. The van der Waals surface area contributed by atoms with Crippen LogP contribution in [-0.4, -0.2) is 61.2 Å². The first kappa shape index (κ1) is 32.6. The smallest absolute Gasteiger partial charge is 0.443 e. The minimum atomic E-state index is -5.26. The van der Waals surface area contributed by atoms with Crippen molar-refractivity contribution >= 4 is 29.6 Å². The van der Waals surface area contributed by atoms with Crippen molar-refractivity contribution in [1.29, 1.82) is 0 Å². The molecule has 3 rings (SSSR count). The molecule has 1 aliphatic heterocycles. The molecule has 1 saturated heterocycles. The van der Waals surface area contributed by atoms with Gasteiger partial charge in [-0.25, -0.2) is 22.5 Å². The number of carbonyl (C=O) groups is 1. The van der Waals surface area contributed by atoms with Crippen molar-refractivity contribution in [3.63, 3.8) is 0 Å². The number of nitro benzene ring substituents is 1. The Kier molecular flexibility index (Phi) is 11.0. The summed E-state index contributed by atoms with van der Waals surface area (Å²) in [7, 11) is -9.66. The SMILES string of the molecule is CC(C)Cc1cc([N+](=O)[O-])ccc1S(=O)(=O)NC[C@@H](OP(=O)(O)O)[C@@H](OC(N)=O)C(c1ccccc1)C1CCOC1. The molecule has 1 heterocycles. The van der Waals surface area contributed by atoms with E-state index in [-0.39, 0.29) is 41.0 Å². The van der Waals surface area contributed by atoms with Crippen LogP contribution < -0.4 is 10.5 Å². The van der Waals surface area contributed by atoms with E-state index in [0.717, 1.165) is 12.1 Å². The maximum absolute atomic E-state index is 13.4. The summed E-state index contributed by atoms with van der Waals surface area (Å²) < 4.78 is 57.1. The lowest BCUT2D eigenvalue weighted by Gasteiger charge is -2.35. The van der Waals surface area contributed by atoms with E-state index in [0.29, 0.717) is 18.6 Å². The van der Waals surface area contributed by atoms with Gasteiger partial charge >= 0.3 is 13.9 Å². The lowest BCUT2D eigenvalue weighted by atomic mass is 9.79. The first-order valence-corrected chi connectivity index (χ1v) is 15.8. The quantitative estimate of drug-likeness (QED) is 0.138. The predicted molar refractivity (Wildman–Crippen MR) is 146 cm³/mol. The highest BCUT2D eigenvalue weighted by Gasteiger charge is 2.43. The highest BCUT2D eigenvalue weighted by molar-refractivity contribution is 7.89. The molecule has 2 aromatic rings. The molecule has 1 amide bonds. The Morgan fingerprint density at radius 2 is 1.93 bits per heavy atom. The average molecular weight is 616 g/mol. The van der Waals surface area contributed by atoms with Gasteiger partial charge in [0.1, 0.15) is 12.2 Å². The largest absolute Gasteiger partial charge is 0.470 e. The summed E-state index contributed by atoms with van der Waals surface area (Å²) in [5.41, 5.74) is 5.88. The van der Waals surface area contributed by atoms with E-state index in [4.69, 9.17) is 19.7 Å². The molecule has 0 radical (unpaired) electrons. The molecule has 2 unspecified atom stereocenters. The van der Waals surface area contributed by atoms with Crippen LogP contribution in [0.5, 0.6) is 0 Å². The number of hydrogen-bond acceptors (Lipinski definition) is 9. The molecule has 2 aromatic carbocycles. The van der Waals surface area contributed by atoms with Gasteiger partial charge in [-0.3, -0.25) is 14.6 Å². The Bertz CT molecular complexity index is 1360. The van der Waals surface area contributed by atoms with Gasteiger partial charge in [-0.05, 0) is 41.9 Å². The van der Waals surface area contributed by atoms with Gasteiger partial charge in [-0.2, -0.15) is 0 Å². The lowest BCUT2D eigenvalue weighted by Crippen LogP contribution is -2.47. The van der Waals surface area contributed by atoms with E-state index in [1.54, 1.807) is 30.3 Å². The topological polar surface area (TPSA) is 218 Å². The minimum Gasteiger partial charge on any atom is -0.443 e. The summed E-state index contributed by atoms with van der Waals surface area (Å²) >= 11 is 0. The molecule has 0 aliphatic carbocycles. The molecule has 41 heavy (non-hydrogen) atoms. The molecule has 0 saturated carbocycles. The zero-order valence-corrected chi connectivity index (χ0v) is 24.2. The van der Waals surface area contributed by atoms with E-state index in [2.05, 4.69) is 4.72 Å². The second-order valence-corrected chi connectivity index (χ2v) is 13.0. The number of nitrogens with two attached hydrogens (primary N) is 1. The zero-order valence-electron chi connectivity index (χ0n) is 22.5. The number of sulfonamides is 1. The van der Waals surface area contributed by atoms with E-state index in [9.17, 15) is 37.7 Å². The highest BCUT2D eigenvalue weighted by atomic mass is 32.2. The summed E-state index contributed by atoms with van der Waals surface area (Å²) in [4.78, 5) is 41.8. The summed E-state index contributed by atoms with van der Waals surface area (Å²) in [5.74, 6) is -1.07. The molecular formula is C25H34N3O11PS. The van der Waals surface area contributed by atoms with E-state index in [1.165, 1.54) is 6.07 Å². The van der Waals surface area contributed by atoms with Crippen LogP contribution in [0.15, 0.2) is 53.4 Å². The second-order valence-electron chi connectivity index (χ2n) is 10.1. The number of primary amides is 1. The minimum absolute atomic E-state index is 0.0506.